The van der Waals surface area contributed by atoms with Crippen LogP contribution in [0.25, 0.3) is 0 Å². The van der Waals surface area contributed by atoms with Crippen molar-refractivity contribution in [3.8, 4) is 0 Å². The van der Waals surface area contributed by atoms with Crippen LogP contribution in [0.15, 0.2) is 18.2 Å². The van der Waals surface area contributed by atoms with Crippen molar-refractivity contribution >= 4 is 12.4 Å². The topological polar surface area (TPSA) is 0 Å². The van der Waals surface area contributed by atoms with Gasteiger partial charge >= 0.3 is 0 Å². The zero-order valence-electron chi connectivity index (χ0n) is 7.26. The third-order valence-electron chi connectivity index (χ3n) is 0.586. The summed E-state index contributed by atoms with van der Waals surface area (Å²) in [4.78, 5) is 0. The number of hydrogen-bond acceptors (Lipinski definition) is 0. The summed E-state index contributed by atoms with van der Waals surface area (Å²) in [5.74, 6) is 0. The molecule has 66 valence electrons. The molecule has 0 N–H and O–H groups in total. The molecule has 0 spiro atoms. The Bertz CT molecular complexity index is 67.6. The van der Waals surface area contributed by atoms with Crippen LogP contribution < -0.4 is 0 Å². The van der Waals surface area contributed by atoms with E-state index in [0.717, 1.165) is 6.42 Å². The quantitative estimate of drug-likeness (QED) is 0.469. The van der Waals surface area contributed by atoms with Gasteiger partial charge in [-0.05, 0) is 0 Å². The largest absolute Gasteiger partial charge is 0.346 e. The fourth-order valence-electron chi connectivity index (χ4n) is 0.340. The normalized spacial score (nSPS) is 9.09. The summed E-state index contributed by atoms with van der Waals surface area (Å²) in [6.07, 6.45) is 10.0. The summed E-state index contributed by atoms with van der Waals surface area (Å²) in [5.41, 5.74) is 0. The SMILES string of the molecule is Cl.[C-]1=CC=CC1.[CH2-]C.[CH2-]C.[Hf]. The molecule has 0 saturated carbocycles. The molecule has 0 aliphatic heterocycles. The fraction of sp³-hybridized carbons (Fsp3) is 0.333. The molecule has 0 aromatic heterocycles. The van der Waals surface area contributed by atoms with Crippen molar-refractivity contribution in [1.29, 1.82) is 0 Å². The first-order valence-electron chi connectivity index (χ1n) is 3.13. The molecule has 0 unspecified atom stereocenters. The van der Waals surface area contributed by atoms with Crippen LogP contribution in [0.2, 0.25) is 0 Å². The Morgan fingerprint density at radius 2 is 1.64 bits per heavy atom. The van der Waals surface area contributed by atoms with Crippen LogP contribution >= 0.6 is 12.4 Å². The minimum atomic E-state index is 0. The average Bonchev–Trinajstić information content (AvgIpc) is 2.51. The molecule has 0 aromatic carbocycles. The number of halogens is 1. The van der Waals surface area contributed by atoms with Crippen LogP contribution in [0, 0.1) is 19.9 Å². The Morgan fingerprint density at radius 1 is 1.18 bits per heavy atom. The van der Waals surface area contributed by atoms with E-state index in [-0.39, 0.29) is 38.3 Å². The molecule has 0 heterocycles. The van der Waals surface area contributed by atoms with Gasteiger partial charge in [-0.1, -0.05) is 0 Å². The van der Waals surface area contributed by atoms with Crippen LogP contribution in [0.4, 0.5) is 0 Å². The van der Waals surface area contributed by atoms with E-state index in [1.54, 1.807) is 13.8 Å². The van der Waals surface area contributed by atoms with E-state index in [9.17, 15) is 0 Å². The summed E-state index contributed by atoms with van der Waals surface area (Å²) in [7, 11) is 0. The minimum absolute atomic E-state index is 0. The first-order chi connectivity index (χ1) is 4.50. The van der Waals surface area contributed by atoms with E-state index >= 15 is 0 Å². The third kappa shape index (κ3) is 25.0. The van der Waals surface area contributed by atoms with Gasteiger partial charge in [0.25, 0.3) is 0 Å². The van der Waals surface area contributed by atoms with Gasteiger partial charge in [-0.25, -0.2) is 12.2 Å². The standard InChI is InChI=1S/C5H5.2C2H5.ClH.Hf/c1-2-4-5-3-1;2*1-2;;/h1-3H,4H2;2*1H2,2H3;1H;/q3*-1;;. The third-order valence-corrected chi connectivity index (χ3v) is 0.586. The number of allylic oxidation sites excluding steroid dienone is 4. The van der Waals surface area contributed by atoms with Gasteiger partial charge < -0.3 is 13.8 Å². The Hall–Kier alpha value is 0.640. The zero-order valence-corrected chi connectivity index (χ0v) is 11.7. The molecule has 0 fully saturated rings. The fourth-order valence-corrected chi connectivity index (χ4v) is 0.340. The van der Waals surface area contributed by atoms with E-state index < -0.39 is 0 Å². The van der Waals surface area contributed by atoms with Crippen LogP contribution in [-0.2, 0) is 25.8 Å². The van der Waals surface area contributed by atoms with Crippen molar-refractivity contribution in [2.75, 3.05) is 0 Å². The first-order valence-corrected chi connectivity index (χ1v) is 3.13. The van der Waals surface area contributed by atoms with Crippen molar-refractivity contribution < 1.29 is 25.8 Å². The van der Waals surface area contributed by atoms with E-state index in [2.05, 4.69) is 26.0 Å². The van der Waals surface area contributed by atoms with Crippen LogP contribution in [0.1, 0.15) is 20.3 Å². The van der Waals surface area contributed by atoms with E-state index in [1.807, 2.05) is 12.2 Å². The van der Waals surface area contributed by atoms with Crippen molar-refractivity contribution in [2.45, 2.75) is 20.3 Å². The summed E-state index contributed by atoms with van der Waals surface area (Å²) in [6.45, 7) is 10.0. The van der Waals surface area contributed by atoms with Crippen LogP contribution in [0.5, 0.6) is 0 Å². The molecule has 1 aliphatic rings. The summed E-state index contributed by atoms with van der Waals surface area (Å²) in [6, 6.07) is 0. The molecule has 0 bridgehead atoms. The van der Waals surface area contributed by atoms with Crippen molar-refractivity contribution in [3.63, 3.8) is 0 Å². The van der Waals surface area contributed by atoms with E-state index in [1.165, 1.54) is 0 Å². The van der Waals surface area contributed by atoms with Crippen molar-refractivity contribution in [1.82, 2.24) is 0 Å². The second-order valence-electron chi connectivity index (χ2n) is 1.00. The molecule has 0 radical (unpaired) electrons. The molecule has 11 heavy (non-hydrogen) atoms. The van der Waals surface area contributed by atoms with Gasteiger partial charge in [-0.2, -0.15) is 19.9 Å². The van der Waals surface area contributed by atoms with Gasteiger partial charge in [0, 0.05) is 25.8 Å². The van der Waals surface area contributed by atoms with Gasteiger partial charge in [-0.3, -0.25) is 6.08 Å². The van der Waals surface area contributed by atoms with Crippen LogP contribution in [-0.4, -0.2) is 0 Å². The predicted molar refractivity (Wildman–Crippen MR) is 50.9 cm³/mol. The smallest absolute Gasteiger partial charge is 0 e. The molecular formula is C9H16ClHf-3. The Labute approximate surface area is 96.3 Å². The maximum Gasteiger partial charge on any atom is 0 e. The second kappa shape index (κ2) is 31.1. The van der Waals surface area contributed by atoms with Crippen LogP contribution in [0.3, 0.4) is 0 Å². The molecule has 1 aliphatic carbocycles. The molecule has 0 amide bonds. The second-order valence-corrected chi connectivity index (χ2v) is 1.00. The Balaban J connectivity index is -0.0000000369. The van der Waals surface area contributed by atoms with Crippen molar-refractivity contribution in [2.24, 2.45) is 0 Å². The summed E-state index contributed by atoms with van der Waals surface area (Å²) < 4.78 is 0. The minimum Gasteiger partial charge on any atom is -0.346 e. The van der Waals surface area contributed by atoms with Crippen molar-refractivity contribution in [3.05, 3.63) is 38.2 Å². The Kier molecular flexibility index (Phi) is 63.8. The van der Waals surface area contributed by atoms with Gasteiger partial charge in [0.1, 0.15) is 0 Å². The molecule has 2 heteroatoms. The predicted octanol–water partition coefficient (Wildman–Crippen LogP) is 3.41. The Morgan fingerprint density at radius 3 is 1.73 bits per heavy atom. The summed E-state index contributed by atoms with van der Waals surface area (Å²) >= 11 is 0. The van der Waals surface area contributed by atoms with Gasteiger partial charge in [0.15, 0.2) is 0 Å². The number of rotatable bonds is 0. The maximum absolute atomic E-state index is 3.25. The molecular weight excluding hydrogens is 322 g/mol. The monoisotopic (exact) mass is 339 g/mol. The number of hydrogen-bond donors (Lipinski definition) is 0. The first kappa shape index (κ1) is 22.6. The van der Waals surface area contributed by atoms with Gasteiger partial charge in [0.05, 0.1) is 0 Å². The molecule has 1 rings (SSSR count). The molecule has 0 atom stereocenters. The van der Waals surface area contributed by atoms with E-state index in [4.69, 9.17) is 0 Å². The summed E-state index contributed by atoms with van der Waals surface area (Å²) in [5, 5.41) is 0. The van der Waals surface area contributed by atoms with E-state index in [0.29, 0.717) is 0 Å². The zero-order chi connectivity index (χ0) is 7.54. The molecule has 0 aromatic rings. The van der Waals surface area contributed by atoms with Gasteiger partial charge in [-0.15, -0.1) is 18.8 Å². The molecule has 0 nitrogen and oxygen atoms in total. The average molecular weight is 338 g/mol. The van der Waals surface area contributed by atoms with Gasteiger partial charge in [0.2, 0.25) is 0 Å². The maximum atomic E-state index is 3.25. The molecule has 0 saturated heterocycles.